The second kappa shape index (κ2) is 4.92. The van der Waals surface area contributed by atoms with Gasteiger partial charge in [-0.15, -0.1) is 4.05 Å². The van der Waals surface area contributed by atoms with Crippen LogP contribution in [-0.2, 0) is 11.4 Å². The minimum absolute atomic E-state index is 0.362. The molecule has 3 rings (SSSR count). The van der Waals surface area contributed by atoms with E-state index < -0.39 is 15.4 Å². The fraction of sp³-hybridized carbons (Fsp3) is 0.308. The van der Waals surface area contributed by atoms with E-state index in [1.807, 2.05) is 6.07 Å². The largest absolute Gasteiger partial charge is 0.581 e. The normalized spacial score (nSPS) is 27.6. The third-order valence-electron chi connectivity index (χ3n) is 3.44. The lowest BCUT2D eigenvalue weighted by Gasteiger charge is -2.41. The molecule has 1 fully saturated rings. The van der Waals surface area contributed by atoms with Gasteiger partial charge in [-0.1, -0.05) is 11.6 Å². The van der Waals surface area contributed by atoms with E-state index >= 15 is 0 Å². The Bertz CT molecular complexity index is 625. The van der Waals surface area contributed by atoms with Crippen molar-refractivity contribution >= 4 is 39.4 Å². The molecule has 2 aromatic rings. The number of benzene rings is 1. The van der Waals surface area contributed by atoms with Crippen LogP contribution in [0.25, 0.3) is 10.8 Å². The van der Waals surface area contributed by atoms with Gasteiger partial charge in [0.05, 0.1) is 5.02 Å². The van der Waals surface area contributed by atoms with Crippen LogP contribution in [0.1, 0.15) is 12.8 Å². The molecule has 19 heavy (non-hydrogen) atoms. The van der Waals surface area contributed by atoms with Crippen LogP contribution < -0.4 is 4.05 Å². The van der Waals surface area contributed by atoms with Gasteiger partial charge in [0, 0.05) is 48.1 Å². The summed E-state index contributed by atoms with van der Waals surface area (Å²) in [5.41, 5.74) is 0.513. The Morgan fingerprint density at radius 3 is 2.89 bits per heavy atom. The standard InChI is InChI=1S/C13H13ClN2O2S/c14-13-9-15-8-10-3-4-11(7-12(10)13)16(17)5-1-2-6-19(16)18/h3-4,7-9H,1-2,5-6H2. The highest BCUT2D eigenvalue weighted by atomic mass is 35.5. The average molecular weight is 297 g/mol. The van der Waals surface area contributed by atoms with Crippen molar-refractivity contribution < 1.29 is 4.55 Å². The Kier molecular flexibility index (Phi) is 3.41. The number of nitrogens with zero attached hydrogens (tertiary/aromatic N) is 2. The van der Waals surface area contributed by atoms with Crippen molar-refractivity contribution in [3.63, 3.8) is 0 Å². The summed E-state index contributed by atoms with van der Waals surface area (Å²) in [5, 5.41) is 15.0. The maximum absolute atomic E-state index is 12.8. The molecule has 0 amide bonds. The predicted molar refractivity (Wildman–Crippen MR) is 79.0 cm³/mol. The van der Waals surface area contributed by atoms with Crippen LogP contribution in [0.5, 0.6) is 0 Å². The smallest absolute Gasteiger partial charge is 0.177 e. The van der Waals surface area contributed by atoms with Gasteiger partial charge in [-0.3, -0.25) is 4.98 Å². The van der Waals surface area contributed by atoms with Crippen LogP contribution in [0, 0.1) is 5.21 Å². The number of rotatable bonds is 1. The summed E-state index contributed by atoms with van der Waals surface area (Å²) in [6.45, 7) is 0.362. The summed E-state index contributed by atoms with van der Waals surface area (Å²) >= 11 is 4.68. The lowest BCUT2D eigenvalue weighted by Crippen LogP contribution is -2.53. The lowest BCUT2D eigenvalue weighted by atomic mass is 10.1. The van der Waals surface area contributed by atoms with Crippen LogP contribution in [0.4, 0.5) is 5.69 Å². The van der Waals surface area contributed by atoms with Gasteiger partial charge >= 0.3 is 0 Å². The molecule has 4 nitrogen and oxygen atoms in total. The molecule has 0 saturated carbocycles. The third-order valence-corrected chi connectivity index (χ3v) is 5.43. The van der Waals surface area contributed by atoms with Gasteiger partial charge in [-0.25, -0.2) is 0 Å². The Labute approximate surface area is 119 Å². The molecule has 0 radical (unpaired) electrons. The molecule has 1 aromatic carbocycles. The molecule has 1 aromatic heterocycles. The van der Waals surface area contributed by atoms with E-state index in [9.17, 15) is 9.76 Å². The molecule has 1 saturated heterocycles. The first-order valence-electron chi connectivity index (χ1n) is 6.13. The molecule has 0 spiro atoms. The molecule has 0 aliphatic carbocycles. The van der Waals surface area contributed by atoms with E-state index in [1.54, 1.807) is 24.5 Å². The quantitative estimate of drug-likeness (QED) is 0.461. The van der Waals surface area contributed by atoms with Crippen LogP contribution in [0.3, 0.4) is 0 Å². The zero-order valence-electron chi connectivity index (χ0n) is 10.2. The summed E-state index contributed by atoms with van der Waals surface area (Å²) in [6.07, 6.45) is 4.91. The number of aromatic nitrogens is 1. The molecule has 100 valence electrons. The molecule has 2 unspecified atom stereocenters. The first-order valence-corrected chi connectivity index (χ1v) is 7.78. The molecular weight excluding hydrogens is 284 g/mol. The van der Waals surface area contributed by atoms with Gasteiger partial charge in [-0.05, 0) is 6.07 Å². The van der Waals surface area contributed by atoms with Gasteiger partial charge in [0.15, 0.2) is 22.8 Å². The zero-order chi connectivity index (χ0) is 13.5. The van der Waals surface area contributed by atoms with Crippen molar-refractivity contribution in [2.45, 2.75) is 12.8 Å². The van der Waals surface area contributed by atoms with Crippen molar-refractivity contribution in [1.29, 1.82) is 0 Å². The lowest BCUT2D eigenvalue weighted by molar-refractivity contribution is 0.455. The first-order chi connectivity index (χ1) is 9.11. The number of quaternary nitrogens is 1. The summed E-state index contributed by atoms with van der Waals surface area (Å²) < 4.78 is 11.3. The fourth-order valence-electron chi connectivity index (χ4n) is 2.37. The molecular formula is C13H13ClN2O2S. The topological polar surface area (TPSA) is 59.0 Å². The van der Waals surface area contributed by atoms with Gasteiger partial charge in [-0.2, -0.15) is 0 Å². The van der Waals surface area contributed by atoms with E-state index in [0.717, 1.165) is 23.6 Å². The second-order valence-electron chi connectivity index (χ2n) is 4.66. The summed E-state index contributed by atoms with van der Waals surface area (Å²) in [7, 11) is 0. The Hall–Kier alpha value is -0.850. The zero-order valence-corrected chi connectivity index (χ0v) is 11.8. The van der Waals surface area contributed by atoms with Crippen LogP contribution in [0.2, 0.25) is 5.02 Å². The Balaban J connectivity index is 2.12. The maximum Gasteiger partial charge on any atom is 0.177 e. The van der Waals surface area contributed by atoms with Crippen molar-refractivity contribution in [1.82, 2.24) is 9.04 Å². The molecule has 0 bridgehead atoms. The van der Waals surface area contributed by atoms with Crippen molar-refractivity contribution in [2.75, 3.05) is 12.3 Å². The number of halogens is 1. The van der Waals surface area contributed by atoms with Gasteiger partial charge < -0.3 is 9.76 Å². The highest BCUT2D eigenvalue weighted by molar-refractivity contribution is 7.91. The molecule has 2 atom stereocenters. The van der Waals surface area contributed by atoms with Crippen LogP contribution >= 0.6 is 11.6 Å². The van der Waals surface area contributed by atoms with E-state index in [2.05, 4.69) is 4.98 Å². The molecule has 1 aliphatic heterocycles. The van der Waals surface area contributed by atoms with Gasteiger partial charge in [0.1, 0.15) is 6.54 Å². The number of hydrogen-bond donors (Lipinski definition) is 0. The van der Waals surface area contributed by atoms with Crippen LogP contribution in [-0.4, -0.2) is 21.8 Å². The molecule has 0 N–H and O–H groups in total. The predicted octanol–water partition coefficient (Wildman–Crippen LogP) is 3.15. The average Bonchev–Trinajstić information content (AvgIpc) is 2.42. The van der Waals surface area contributed by atoms with E-state index in [4.69, 9.17) is 11.6 Å². The second-order valence-corrected chi connectivity index (χ2v) is 6.70. The highest BCUT2D eigenvalue weighted by Gasteiger charge is 2.38. The maximum atomic E-state index is 12.8. The monoisotopic (exact) mass is 296 g/mol. The summed E-state index contributed by atoms with van der Waals surface area (Å²) in [6, 6.07) is 5.29. The van der Waals surface area contributed by atoms with Gasteiger partial charge in [0.25, 0.3) is 0 Å². The summed E-state index contributed by atoms with van der Waals surface area (Å²) in [4.78, 5) is 4.01. The van der Waals surface area contributed by atoms with Crippen LogP contribution in [0.15, 0.2) is 30.6 Å². The third kappa shape index (κ3) is 2.22. The number of hydrogen-bond acceptors (Lipinski definition) is 3. The number of fused-ring (bicyclic) bond motifs is 1. The Morgan fingerprint density at radius 1 is 1.26 bits per heavy atom. The minimum atomic E-state index is -1.42. The molecule has 6 heteroatoms. The van der Waals surface area contributed by atoms with E-state index in [1.165, 1.54) is 0 Å². The van der Waals surface area contributed by atoms with Crippen molar-refractivity contribution in [3.05, 3.63) is 40.8 Å². The Morgan fingerprint density at radius 2 is 2.11 bits per heavy atom. The van der Waals surface area contributed by atoms with E-state index in [0.29, 0.717) is 23.0 Å². The summed E-state index contributed by atoms with van der Waals surface area (Å²) in [5.74, 6) is 0.464. The van der Waals surface area contributed by atoms with Crippen molar-refractivity contribution in [3.8, 4) is 0 Å². The fourth-order valence-corrected chi connectivity index (χ4v) is 4.02. The molecule has 2 heterocycles. The number of hydroxylamine groups is 1. The van der Waals surface area contributed by atoms with Gasteiger partial charge in [0.2, 0.25) is 0 Å². The van der Waals surface area contributed by atoms with Crippen molar-refractivity contribution in [2.24, 2.45) is 0 Å². The first kappa shape index (κ1) is 13.1. The SMILES string of the molecule is [O-][S+]1CCCC[N+]1([O-])c1ccc2cncc(Cl)c2c1. The minimum Gasteiger partial charge on any atom is -0.581 e. The van der Waals surface area contributed by atoms with E-state index in [-0.39, 0.29) is 0 Å². The highest BCUT2D eigenvalue weighted by Crippen LogP contribution is 2.35. The number of pyridine rings is 1. The molecule has 1 aliphatic rings.